The number of likely N-dealkylation sites (tertiary alicyclic amines) is 2. The van der Waals surface area contributed by atoms with E-state index < -0.39 is 0 Å². The van der Waals surface area contributed by atoms with Crippen molar-refractivity contribution in [2.45, 2.75) is 25.0 Å². The summed E-state index contributed by atoms with van der Waals surface area (Å²) in [6.07, 6.45) is 3.09. The molecule has 3 heterocycles. The maximum Gasteiger partial charge on any atom is 0.230 e. The number of fused-ring (bicyclic) bond motifs is 1. The van der Waals surface area contributed by atoms with E-state index in [1.807, 2.05) is 17.0 Å². The molecule has 0 unspecified atom stereocenters. The lowest BCUT2D eigenvalue weighted by atomic mass is 9.88. The molecule has 0 spiro atoms. The van der Waals surface area contributed by atoms with Gasteiger partial charge in [0, 0.05) is 46.3 Å². The van der Waals surface area contributed by atoms with Gasteiger partial charge in [0.05, 0.1) is 31.4 Å². The molecule has 2 fully saturated rings. The summed E-state index contributed by atoms with van der Waals surface area (Å²) in [6, 6.07) is 3.91. The first-order valence-corrected chi connectivity index (χ1v) is 8.29. The number of nitrogens with zero attached hydrogens (tertiary/aromatic N) is 2. The Morgan fingerprint density at radius 2 is 2.26 bits per heavy atom. The molecule has 23 heavy (non-hydrogen) atoms. The molecule has 2 aliphatic rings. The van der Waals surface area contributed by atoms with Crippen molar-refractivity contribution in [3.8, 4) is 0 Å². The zero-order valence-electron chi connectivity index (χ0n) is 13.9. The van der Waals surface area contributed by atoms with Crippen molar-refractivity contribution in [3.05, 3.63) is 24.2 Å². The number of amides is 1. The van der Waals surface area contributed by atoms with Crippen LogP contribution in [0.15, 0.2) is 22.8 Å². The van der Waals surface area contributed by atoms with E-state index in [0.717, 1.165) is 45.0 Å². The Morgan fingerprint density at radius 3 is 2.96 bits per heavy atom. The van der Waals surface area contributed by atoms with Gasteiger partial charge in [0.25, 0.3) is 0 Å². The van der Waals surface area contributed by atoms with Crippen molar-refractivity contribution in [1.29, 1.82) is 0 Å². The third-order valence-electron chi connectivity index (χ3n) is 5.08. The van der Waals surface area contributed by atoms with E-state index in [2.05, 4.69) is 4.90 Å². The molecule has 6 nitrogen and oxygen atoms in total. The first-order chi connectivity index (χ1) is 11.2. The van der Waals surface area contributed by atoms with Crippen LogP contribution in [0.1, 0.15) is 12.2 Å². The molecule has 1 amide bonds. The number of carbonyl (C=O) groups excluding carboxylic acids is 1. The minimum Gasteiger partial charge on any atom is -0.469 e. The average molecular weight is 322 g/mol. The average Bonchev–Trinajstić information content (AvgIpc) is 3.20. The maximum atomic E-state index is 12.7. The van der Waals surface area contributed by atoms with E-state index in [1.54, 1.807) is 20.5 Å². The Kier molecular flexibility index (Phi) is 5.35. The minimum atomic E-state index is 0.151. The Hall–Kier alpha value is -1.37. The smallest absolute Gasteiger partial charge is 0.230 e. The summed E-state index contributed by atoms with van der Waals surface area (Å²) in [5.74, 6) is 1.26. The van der Waals surface area contributed by atoms with E-state index in [4.69, 9.17) is 13.9 Å². The summed E-state index contributed by atoms with van der Waals surface area (Å²) in [4.78, 5) is 17.1. The highest BCUT2D eigenvalue weighted by Gasteiger charge is 2.45. The number of furan rings is 1. The highest BCUT2D eigenvalue weighted by molar-refractivity contribution is 5.78. The van der Waals surface area contributed by atoms with Gasteiger partial charge in [0.2, 0.25) is 5.91 Å². The molecule has 0 aromatic carbocycles. The molecule has 0 N–H and O–H groups in total. The third kappa shape index (κ3) is 3.59. The van der Waals surface area contributed by atoms with Crippen molar-refractivity contribution in [3.63, 3.8) is 0 Å². The van der Waals surface area contributed by atoms with Gasteiger partial charge in [-0.25, -0.2) is 0 Å². The Balaban J connectivity index is 1.67. The van der Waals surface area contributed by atoms with Crippen LogP contribution >= 0.6 is 0 Å². The number of carbonyl (C=O) groups is 1. The van der Waals surface area contributed by atoms with E-state index in [1.165, 1.54) is 0 Å². The van der Waals surface area contributed by atoms with Crippen molar-refractivity contribution in [1.82, 2.24) is 9.80 Å². The normalized spacial score (nSPS) is 28.1. The molecule has 0 saturated carbocycles. The maximum absolute atomic E-state index is 12.7. The predicted molar refractivity (Wildman–Crippen MR) is 85.1 cm³/mol. The van der Waals surface area contributed by atoms with E-state index >= 15 is 0 Å². The van der Waals surface area contributed by atoms with Gasteiger partial charge >= 0.3 is 0 Å². The molecule has 2 saturated heterocycles. The topological polar surface area (TPSA) is 55.2 Å². The van der Waals surface area contributed by atoms with Crippen LogP contribution in [0.2, 0.25) is 0 Å². The number of hydrogen-bond acceptors (Lipinski definition) is 5. The fourth-order valence-electron chi connectivity index (χ4n) is 3.90. The largest absolute Gasteiger partial charge is 0.469 e. The van der Waals surface area contributed by atoms with Gasteiger partial charge in [-0.1, -0.05) is 0 Å². The van der Waals surface area contributed by atoms with E-state index in [-0.39, 0.29) is 18.1 Å². The van der Waals surface area contributed by atoms with Crippen LogP contribution in [0, 0.1) is 5.92 Å². The van der Waals surface area contributed by atoms with Gasteiger partial charge in [0.15, 0.2) is 0 Å². The third-order valence-corrected chi connectivity index (χ3v) is 5.08. The van der Waals surface area contributed by atoms with Gasteiger partial charge in [-0.3, -0.25) is 9.69 Å². The van der Waals surface area contributed by atoms with Crippen molar-refractivity contribution < 1.29 is 18.7 Å². The summed E-state index contributed by atoms with van der Waals surface area (Å²) >= 11 is 0. The standard InChI is InChI=1S/C17H26N2O4/c1-21-9-7-18-11-14-15(12-18)19(6-5-16(14)22-2)17(20)10-13-4-3-8-23-13/h3-4,8,14-16H,5-7,9-12H2,1-2H3/t14-,15+,16-/m1/s1. The molecular formula is C17H26N2O4. The predicted octanol–water partition coefficient (Wildman–Crippen LogP) is 1.02. The lowest BCUT2D eigenvalue weighted by Gasteiger charge is -2.41. The number of hydrogen-bond donors (Lipinski definition) is 0. The van der Waals surface area contributed by atoms with E-state index in [0.29, 0.717) is 12.3 Å². The number of ether oxygens (including phenoxy) is 2. The molecule has 6 heteroatoms. The highest BCUT2D eigenvalue weighted by Crippen LogP contribution is 2.32. The molecule has 0 bridgehead atoms. The number of piperidine rings is 1. The van der Waals surface area contributed by atoms with Crippen molar-refractivity contribution >= 4 is 5.91 Å². The van der Waals surface area contributed by atoms with Gasteiger partial charge in [-0.15, -0.1) is 0 Å². The van der Waals surface area contributed by atoms with Crippen LogP contribution in [0.3, 0.4) is 0 Å². The van der Waals surface area contributed by atoms with Gasteiger partial charge < -0.3 is 18.8 Å². The second kappa shape index (κ2) is 7.47. The van der Waals surface area contributed by atoms with Crippen molar-refractivity contribution in [2.75, 3.05) is 47.0 Å². The SMILES string of the molecule is COCCN1C[C@H]2[C@H](OC)CCN(C(=O)Cc3ccco3)[C@H]2C1. The highest BCUT2D eigenvalue weighted by atomic mass is 16.5. The summed E-state index contributed by atoms with van der Waals surface area (Å²) in [5.41, 5.74) is 0. The van der Waals surface area contributed by atoms with Crippen LogP contribution < -0.4 is 0 Å². The first-order valence-electron chi connectivity index (χ1n) is 8.29. The molecular weight excluding hydrogens is 296 g/mol. The molecule has 3 rings (SSSR count). The second-order valence-corrected chi connectivity index (χ2v) is 6.39. The summed E-state index contributed by atoms with van der Waals surface area (Å²) in [7, 11) is 3.50. The Labute approximate surface area is 137 Å². The molecule has 128 valence electrons. The molecule has 1 aromatic rings. The zero-order valence-corrected chi connectivity index (χ0v) is 13.9. The quantitative estimate of drug-likeness (QED) is 0.782. The molecule has 3 atom stereocenters. The summed E-state index contributed by atoms with van der Waals surface area (Å²) < 4.78 is 16.2. The monoisotopic (exact) mass is 322 g/mol. The summed E-state index contributed by atoms with van der Waals surface area (Å²) in [5, 5.41) is 0. The first kappa shape index (κ1) is 16.5. The van der Waals surface area contributed by atoms with Gasteiger partial charge in [-0.2, -0.15) is 0 Å². The summed E-state index contributed by atoms with van der Waals surface area (Å²) in [6.45, 7) is 4.25. The van der Waals surface area contributed by atoms with Gasteiger partial charge in [-0.05, 0) is 18.6 Å². The van der Waals surface area contributed by atoms with Crippen LogP contribution in [-0.4, -0.2) is 74.9 Å². The fraction of sp³-hybridized carbons (Fsp3) is 0.706. The molecule has 0 radical (unpaired) electrons. The van der Waals surface area contributed by atoms with Crippen molar-refractivity contribution in [2.24, 2.45) is 5.92 Å². The molecule has 0 aliphatic carbocycles. The fourth-order valence-corrected chi connectivity index (χ4v) is 3.90. The van der Waals surface area contributed by atoms with Crippen LogP contribution in [0.5, 0.6) is 0 Å². The van der Waals surface area contributed by atoms with E-state index in [9.17, 15) is 4.79 Å². The number of rotatable bonds is 6. The number of methoxy groups -OCH3 is 2. The molecule has 1 aromatic heterocycles. The van der Waals surface area contributed by atoms with Gasteiger partial charge in [0.1, 0.15) is 5.76 Å². The Morgan fingerprint density at radius 1 is 1.39 bits per heavy atom. The van der Waals surface area contributed by atoms with Crippen LogP contribution in [-0.2, 0) is 20.7 Å². The minimum absolute atomic E-state index is 0.151. The second-order valence-electron chi connectivity index (χ2n) is 6.39. The lowest BCUT2D eigenvalue weighted by molar-refractivity contribution is -0.138. The Bertz CT molecular complexity index is 505. The zero-order chi connectivity index (χ0) is 16.2. The van der Waals surface area contributed by atoms with Crippen LogP contribution in [0.25, 0.3) is 0 Å². The molecule has 2 aliphatic heterocycles. The lowest BCUT2D eigenvalue weighted by Crippen LogP contribution is -2.54. The van der Waals surface area contributed by atoms with Crippen LogP contribution in [0.4, 0.5) is 0 Å².